The Bertz CT molecular complexity index is 712. The lowest BCUT2D eigenvalue weighted by Crippen LogP contribution is -1.99. The Balaban J connectivity index is 1.90. The van der Waals surface area contributed by atoms with Gasteiger partial charge in [-0.15, -0.1) is 0 Å². The van der Waals surface area contributed by atoms with Crippen LogP contribution in [0, 0.1) is 0 Å². The Morgan fingerprint density at radius 2 is 1.88 bits per heavy atom. The molecule has 0 aliphatic carbocycles. The normalized spacial score (nSPS) is 10.8. The van der Waals surface area contributed by atoms with Crippen molar-refractivity contribution in [1.82, 2.24) is 0 Å². The molecule has 5 heteroatoms. The van der Waals surface area contributed by atoms with Crippen molar-refractivity contribution in [2.24, 2.45) is 0 Å². The second kappa shape index (κ2) is 9.36. The van der Waals surface area contributed by atoms with Crippen molar-refractivity contribution in [2.75, 3.05) is 11.9 Å². The SMILES string of the molecule is CCCCOc1ccc(C(=O)C=CNc2ccc(Cl)c(Cl)c2)cc1. The molecule has 0 amide bonds. The molecule has 0 bridgehead atoms. The summed E-state index contributed by atoms with van der Waals surface area (Å²) in [6, 6.07) is 12.3. The maximum absolute atomic E-state index is 12.1. The minimum absolute atomic E-state index is 0.0948. The number of hydrogen-bond acceptors (Lipinski definition) is 3. The molecule has 0 heterocycles. The average molecular weight is 364 g/mol. The molecule has 3 nitrogen and oxygen atoms in total. The van der Waals surface area contributed by atoms with Crippen LogP contribution in [0.2, 0.25) is 10.0 Å². The van der Waals surface area contributed by atoms with Crippen LogP contribution in [-0.2, 0) is 0 Å². The van der Waals surface area contributed by atoms with Crippen LogP contribution < -0.4 is 10.1 Å². The Labute approximate surface area is 152 Å². The van der Waals surface area contributed by atoms with E-state index in [1.54, 1.807) is 36.5 Å². The maximum Gasteiger partial charge on any atom is 0.187 e. The van der Waals surface area contributed by atoms with Crippen molar-refractivity contribution in [1.29, 1.82) is 0 Å². The number of ether oxygens (including phenoxy) is 1. The Morgan fingerprint density at radius 3 is 2.54 bits per heavy atom. The van der Waals surface area contributed by atoms with E-state index in [-0.39, 0.29) is 5.78 Å². The summed E-state index contributed by atoms with van der Waals surface area (Å²) in [5, 5.41) is 3.94. The number of anilines is 1. The van der Waals surface area contributed by atoms with Crippen LogP contribution in [-0.4, -0.2) is 12.4 Å². The fraction of sp³-hybridized carbons (Fsp3) is 0.211. The molecular weight excluding hydrogens is 345 g/mol. The van der Waals surface area contributed by atoms with Crippen LogP contribution in [0.1, 0.15) is 30.1 Å². The molecule has 0 aliphatic rings. The van der Waals surface area contributed by atoms with Crippen LogP contribution in [0.3, 0.4) is 0 Å². The number of hydrogen-bond donors (Lipinski definition) is 1. The third-order valence-corrected chi connectivity index (χ3v) is 4.05. The van der Waals surface area contributed by atoms with Crippen molar-refractivity contribution < 1.29 is 9.53 Å². The molecule has 0 spiro atoms. The molecule has 126 valence electrons. The summed E-state index contributed by atoms with van der Waals surface area (Å²) in [6.45, 7) is 2.81. The molecule has 24 heavy (non-hydrogen) atoms. The Morgan fingerprint density at radius 1 is 1.12 bits per heavy atom. The summed E-state index contributed by atoms with van der Waals surface area (Å²) in [4.78, 5) is 12.1. The maximum atomic E-state index is 12.1. The number of ketones is 1. The number of unbranched alkanes of at least 4 members (excludes halogenated alkanes) is 1. The van der Waals surface area contributed by atoms with Gasteiger partial charge in [0.25, 0.3) is 0 Å². The molecule has 0 saturated heterocycles. The first-order valence-corrected chi connectivity index (χ1v) is 8.51. The number of carbonyl (C=O) groups is 1. The Hall–Kier alpha value is -1.97. The zero-order valence-corrected chi connectivity index (χ0v) is 14.9. The predicted octanol–water partition coefficient (Wildman–Crippen LogP) is 5.98. The van der Waals surface area contributed by atoms with E-state index in [2.05, 4.69) is 12.2 Å². The Kier molecular flexibility index (Phi) is 7.16. The molecule has 0 fully saturated rings. The van der Waals surface area contributed by atoms with Gasteiger partial charge in [-0.1, -0.05) is 36.5 Å². The van der Waals surface area contributed by atoms with Crippen molar-refractivity contribution in [3.8, 4) is 5.75 Å². The number of carbonyl (C=O) groups excluding carboxylic acids is 1. The molecule has 2 aromatic rings. The van der Waals surface area contributed by atoms with Gasteiger partial charge >= 0.3 is 0 Å². The summed E-state index contributed by atoms with van der Waals surface area (Å²) < 4.78 is 5.58. The van der Waals surface area contributed by atoms with Gasteiger partial charge in [0.15, 0.2) is 5.78 Å². The third kappa shape index (κ3) is 5.59. The van der Waals surface area contributed by atoms with Gasteiger partial charge in [-0.2, -0.15) is 0 Å². The number of rotatable bonds is 8. The van der Waals surface area contributed by atoms with E-state index in [1.807, 2.05) is 12.1 Å². The third-order valence-electron chi connectivity index (χ3n) is 3.31. The van der Waals surface area contributed by atoms with Crippen LogP contribution >= 0.6 is 23.2 Å². The lowest BCUT2D eigenvalue weighted by Gasteiger charge is -2.05. The molecule has 0 aromatic heterocycles. The molecule has 0 radical (unpaired) electrons. The lowest BCUT2D eigenvalue weighted by atomic mass is 10.1. The second-order valence-electron chi connectivity index (χ2n) is 5.20. The van der Waals surface area contributed by atoms with Crippen molar-refractivity contribution >= 4 is 34.7 Å². The van der Waals surface area contributed by atoms with E-state index in [0.717, 1.165) is 24.3 Å². The summed E-state index contributed by atoms with van der Waals surface area (Å²) >= 11 is 11.8. The monoisotopic (exact) mass is 363 g/mol. The topological polar surface area (TPSA) is 38.3 Å². The molecule has 0 atom stereocenters. The predicted molar refractivity (Wildman–Crippen MR) is 100 cm³/mol. The highest BCUT2D eigenvalue weighted by Gasteiger charge is 2.02. The summed E-state index contributed by atoms with van der Waals surface area (Å²) in [6.07, 6.45) is 5.15. The molecule has 2 rings (SSSR count). The van der Waals surface area contributed by atoms with Gasteiger partial charge in [-0.3, -0.25) is 4.79 Å². The molecular formula is C19H19Cl2NO2. The minimum Gasteiger partial charge on any atom is -0.494 e. The number of halogens is 2. The highest BCUT2D eigenvalue weighted by molar-refractivity contribution is 6.42. The van der Waals surface area contributed by atoms with Gasteiger partial charge in [0.1, 0.15) is 5.75 Å². The number of nitrogens with one attached hydrogen (secondary N) is 1. The molecule has 0 aliphatic heterocycles. The van der Waals surface area contributed by atoms with Gasteiger partial charge in [0, 0.05) is 23.5 Å². The first-order valence-electron chi connectivity index (χ1n) is 7.75. The first-order chi connectivity index (χ1) is 11.6. The molecule has 2 aromatic carbocycles. The molecule has 1 N–H and O–H groups in total. The highest BCUT2D eigenvalue weighted by atomic mass is 35.5. The second-order valence-corrected chi connectivity index (χ2v) is 6.01. The molecule has 0 saturated carbocycles. The number of allylic oxidation sites excluding steroid dienone is 1. The number of benzene rings is 2. The van der Waals surface area contributed by atoms with E-state index >= 15 is 0 Å². The van der Waals surface area contributed by atoms with Gasteiger partial charge in [0.2, 0.25) is 0 Å². The van der Waals surface area contributed by atoms with Gasteiger partial charge in [-0.25, -0.2) is 0 Å². The molecule has 0 unspecified atom stereocenters. The fourth-order valence-corrected chi connectivity index (χ4v) is 2.24. The standard InChI is InChI=1S/C19H19Cl2NO2/c1-2-3-12-24-16-7-4-14(5-8-16)19(23)10-11-22-15-6-9-17(20)18(21)13-15/h4-11,13,22H,2-3,12H2,1H3. The van der Waals surface area contributed by atoms with Crippen molar-refractivity contribution in [2.45, 2.75) is 19.8 Å². The van der Waals surface area contributed by atoms with E-state index in [1.165, 1.54) is 6.08 Å². The van der Waals surface area contributed by atoms with Gasteiger partial charge in [0.05, 0.1) is 16.7 Å². The van der Waals surface area contributed by atoms with Crippen LogP contribution in [0.15, 0.2) is 54.7 Å². The van der Waals surface area contributed by atoms with E-state index in [9.17, 15) is 4.79 Å². The van der Waals surface area contributed by atoms with Gasteiger partial charge < -0.3 is 10.1 Å². The first kappa shape index (κ1) is 18.4. The lowest BCUT2D eigenvalue weighted by molar-refractivity contribution is 0.104. The minimum atomic E-state index is -0.0948. The highest BCUT2D eigenvalue weighted by Crippen LogP contribution is 2.25. The van der Waals surface area contributed by atoms with Crippen LogP contribution in [0.25, 0.3) is 0 Å². The van der Waals surface area contributed by atoms with Crippen molar-refractivity contribution in [3.63, 3.8) is 0 Å². The van der Waals surface area contributed by atoms with Crippen LogP contribution in [0.5, 0.6) is 5.75 Å². The van der Waals surface area contributed by atoms with Crippen LogP contribution in [0.4, 0.5) is 5.69 Å². The zero-order valence-electron chi connectivity index (χ0n) is 13.4. The van der Waals surface area contributed by atoms with E-state index < -0.39 is 0 Å². The average Bonchev–Trinajstić information content (AvgIpc) is 2.59. The van der Waals surface area contributed by atoms with Crippen molar-refractivity contribution in [3.05, 3.63) is 70.3 Å². The quantitative estimate of drug-likeness (QED) is 0.356. The summed E-state index contributed by atoms with van der Waals surface area (Å²) in [7, 11) is 0. The van der Waals surface area contributed by atoms with E-state index in [0.29, 0.717) is 22.2 Å². The fourth-order valence-electron chi connectivity index (χ4n) is 1.95. The smallest absolute Gasteiger partial charge is 0.187 e. The largest absolute Gasteiger partial charge is 0.494 e. The zero-order chi connectivity index (χ0) is 17.4. The summed E-state index contributed by atoms with van der Waals surface area (Å²) in [5.41, 5.74) is 1.36. The van der Waals surface area contributed by atoms with E-state index in [4.69, 9.17) is 27.9 Å². The summed E-state index contributed by atoms with van der Waals surface area (Å²) in [5.74, 6) is 0.681. The van der Waals surface area contributed by atoms with Gasteiger partial charge in [-0.05, 0) is 48.9 Å².